The number of nitrogens with zero attached hydrogens (tertiary/aromatic N) is 5. The highest BCUT2D eigenvalue weighted by Crippen LogP contribution is 2.47. The van der Waals surface area contributed by atoms with E-state index in [0.29, 0.717) is 18.1 Å². The highest BCUT2D eigenvalue weighted by atomic mass is 16.6. The minimum absolute atomic E-state index is 0.138. The number of pyridine rings is 1. The molecule has 0 N–H and O–H groups in total. The Hall–Kier alpha value is -2.12. The second-order valence-corrected chi connectivity index (χ2v) is 10.1. The number of carbonyl (C=O) groups excluding carboxylic acids is 1. The van der Waals surface area contributed by atoms with Gasteiger partial charge in [0.1, 0.15) is 5.82 Å². The Morgan fingerprint density at radius 1 is 1.22 bits per heavy atom. The molecule has 4 aliphatic rings. The molecule has 1 saturated carbocycles. The third-order valence-electron chi connectivity index (χ3n) is 7.93. The van der Waals surface area contributed by atoms with Gasteiger partial charge in [0.15, 0.2) is 0 Å². The number of amides is 1. The number of anilines is 1. The Bertz CT molecular complexity index is 858. The summed E-state index contributed by atoms with van der Waals surface area (Å²) in [6, 6.07) is 4.98. The Kier molecular flexibility index (Phi) is 6.12. The fourth-order valence-electron chi connectivity index (χ4n) is 6.10. The van der Waals surface area contributed by atoms with Crippen molar-refractivity contribution < 1.29 is 9.53 Å². The van der Waals surface area contributed by atoms with E-state index in [0.717, 1.165) is 64.6 Å². The maximum absolute atomic E-state index is 12.0. The van der Waals surface area contributed by atoms with Gasteiger partial charge in [-0.05, 0) is 57.4 Å². The Balaban J connectivity index is 1.16. The zero-order chi connectivity index (χ0) is 22.1. The van der Waals surface area contributed by atoms with E-state index < -0.39 is 0 Å². The molecule has 0 radical (unpaired) electrons. The fourth-order valence-corrected chi connectivity index (χ4v) is 6.10. The van der Waals surface area contributed by atoms with E-state index in [1.807, 2.05) is 18.0 Å². The van der Waals surface area contributed by atoms with Crippen molar-refractivity contribution >= 4 is 17.5 Å². The average Bonchev–Trinajstić information content (AvgIpc) is 3.25. The van der Waals surface area contributed by atoms with Crippen LogP contribution < -0.4 is 4.90 Å². The van der Waals surface area contributed by atoms with Crippen molar-refractivity contribution in [1.29, 1.82) is 0 Å². The minimum Gasteiger partial charge on any atom is -0.450 e. The van der Waals surface area contributed by atoms with Gasteiger partial charge in [0.05, 0.1) is 6.61 Å². The normalized spacial score (nSPS) is 26.2. The van der Waals surface area contributed by atoms with E-state index in [1.54, 1.807) is 0 Å². The van der Waals surface area contributed by atoms with Gasteiger partial charge < -0.3 is 19.4 Å². The predicted octanol–water partition coefficient (Wildman–Crippen LogP) is 2.93. The molecule has 32 heavy (non-hydrogen) atoms. The summed E-state index contributed by atoms with van der Waals surface area (Å²) in [4.78, 5) is 26.2. The second-order valence-electron chi connectivity index (χ2n) is 10.1. The molecule has 1 unspecified atom stereocenters. The van der Waals surface area contributed by atoms with Crippen LogP contribution in [0.2, 0.25) is 0 Å². The topological polar surface area (TPSA) is 52.2 Å². The second kappa shape index (κ2) is 9.02. The first-order chi connectivity index (χ1) is 15.6. The Morgan fingerprint density at radius 2 is 2.03 bits per heavy atom. The van der Waals surface area contributed by atoms with Gasteiger partial charge in [-0.25, -0.2) is 9.78 Å². The first kappa shape index (κ1) is 21.7. The number of aromatic nitrogens is 1. The van der Waals surface area contributed by atoms with E-state index in [1.165, 1.54) is 30.4 Å². The molecule has 0 aromatic carbocycles. The van der Waals surface area contributed by atoms with Gasteiger partial charge >= 0.3 is 6.09 Å². The summed E-state index contributed by atoms with van der Waals surface area (Å²) in [5, 5.41) is 0. The number of piperazine rings is 1. The summed E-state index contributed by atoms with van der Waals surface area (Å²) in [5.74, 6) is 1.16. The molecule has 3 fully saturated rings. The summed E-state index contributed by atoms with van der Waals surface area (Å²) < 4.78 is 5.16. The maximum atomic E-state index is 12.0. The van der Waals surface area contributed by atoms with Crippen molar-refractivity contribution in [1.82, 2.24) is 19.7 Å². The van der Waals surface area contributed by atoms with Crippen molar-refractivity contribution in [3.63, 3.8) is 0 Å². The van der Waals surface area contributed by atoms with E-state index in [4.69, 9.17) is 9.72 Å². The van der Waals surface area contributed by atoms with Gasteiger partial charge in [0.2, 0.25) is 0 Å². The lowest BCUT2D eigenvalue weighted by molar-refractivity contribution is -0.00294. The molecule has 1 atom stereocenters. The zero-order valence-corrected chi connectivity index (χ0v) is 19.6. The van der Waals surface area contributed by atoms with Crippen molar-refractivity contribution in [2.24, 2.45) is 5.41 Å². The van der Waals surface area contributed by atoms with Crippen LogP contribution in [-0.4, -0.2) is 97.8 Å². The highest BCUT2D eigenvalue weighted by molar-refractivity contribution is 5.75. The van der Waals surface area contributed by atoms with Crippen LogP contribution in [0, 0.1) is 5.41 Å². The summed E-state index contributed by atoms with van der Waals surface area (Å²) in [6.07, 6.45) is 8.98. The van der Waals surface area contributed by atoms with Crippen LogP contribution in [0.1, 0.15) is 38.2 Å². The van der Waals surface area contributed by atoms with Crippen molar-refractivity contribution in [2.45, 2.75) is 38.6 Å². The van der Waals surface area contributed by atoms with Crippen LogP contribution in [-0.2, 0) is 4.74 Å². The number of ether oxygens (including phenoxy) is 1. The lowest BCUT2D eigenvalue weighted by Crippen LogP contribution is -2.58. The molecule has 1 aromatic heterocycles. The average molecular weight is 440 g/mol. The number of likely N-dealkylation sites (tertiary alicyclic amines) is 1. The van der Waals surface area contributed by atoms with Crippen LogP contribution in [0.4, 0.5) is 10.6 Å². The Labute approximate surface area is 192 Å². The first-order valence-electron chi connectivity index (χ1n) is 12.3. The van der Waals surface area contributed by atoms with E-state index in [9.17, 15) is 4.79 Å². The van der Waals surface area contributed by atoms with Crippen molar-refractivity contribution in [2.75, 3.05) is 70.9 Å². The highest BCUT2D eigenvalue weighted by Gasteiger charge is 2.51. The zero-order valence-electron chi connectivity index (χ0n) is 19.6. The van der Waals surface area contributed by atoms with E-state index >= 15 is 0 Å². The van der Waals surface area contributed by atoms with Gasteiger partial charge in [-0.1, -0.05) is 6.08 Å². The molecular formula is C25H37N5O2. The lowest BCUT2D eigenvalue weighted by Gasteiger charge is -2.48. The van der Waals surface area contributed by atoms with Gasteiger partial charge in [0, 0.05) is 75.6 Å². The largest absolute Gasteiger partial charge is 0.450 e. The molecule has 7 heteroatoms. The number of hydrogen-bond donors (Lipinski definition) is 0. The smallest absolute Gasteiger partial charge is 0.409 e. The SMILES string of the molecule is CCOC(=O)N1CC2(CCC(N3CCN(c4ncccc4C4=CCN(C)CC4)CC3)C2)C1. The quantitative estimate of drug-likeness (QED) is 0.719. The number of rotatable bonds is 4. The van der Waals surface area contributed by atoms with Gasteiger partial charge in [0.25, 0.3) is 0 Å². The molecule has 0 bridgehead atoms. The van der Waals surface area contributed by atoms with Crippen LogP contribution in [0.3, 0.4) is 0 Å². The summed E-state index contributed by atoms with van der Waals surface area (Å²) >= 11 is 0. The molecule has 1 aliphatic carbocycles. The molecule has 1 aromatic rings. The molecule has 1 amide bonds. The number of likely N-dealkylation sites (N-methyl/N-ethyl adjacent to an activating group) is 1. The molecule has 1 spiro atoms. The van der Waals surface area contributed by atoms with Crippen LogP contribution in [0.15, 0.2) is 24.4 Å². The standard InChI is InChI=1S/C25H37N5O2/c1-3-32-24(31)30-18-25(19-30)9-6-21(17-25)28-13-15-29(16-14-28)23-22(5-4-10-26-23)20-7-11-27(2)12-8-20/h4-5,7,10,21H,3,6,8-9,11-19H2,1-2H3. The van der Waals surface area contributed by atoms with Gasteiger partial charge in [-0.15, -0.1) is 0 Å². The first-order valence-corrected chi connectivity index (χ1v) is 12.3. The summed E-state index contributed by atoms with van der Waals surface area (Å²) in [7, 11) is 2.18. The van der Waals surface area contributed by atoms with E-state index in [-0.39, 0.29) is 6.09 Å². The number of hydrogen-bond acceptors (Lipinski definition) is 6. The Morgan fingerprint density at radius 3 is 2.75 bits per heavy atom. The molecular weight excluding hydrogens is 402 g/mol. The van der Waals surface area contributed by atoms with Crippen LogP contribution in [0.25, 0.3) is 5.57 Å². The molecule has 2 saturated heterocycles. The predicted molar refractivity (Wildman–Crippen MR) is 127 cm³/mol. The maximum Gasteiger partial charge on any atom is 0.409 e. The van der Waals surface area contributed by atoms with Crippen LogP contribution in [0.5, 0.6) is 0 Å². The van der Waals surface area contributed by atoms with E-state index in [2.05, 4.69) is 40.0 Å². The van der Waals surface area contributed by atoms with Crippen molar-refractivity contribution in [3.05, 3.63) is 30.0 Å². The fraction of sp³-hybridized carbons (Fsp3) is 0.680. The summed E-state index contributed by atoms with van der Waals surface area (Å²) in [5.41, 5.74) is 3.11. The number of carbonyl (C=O) groups is 1. The summed E-state index contributed by atoms with van der Waals surface area (Å²) in [6.45, 7) is 10.5. The molecule has 5 rings (SSSR count). The van der Waals surface area contributed by atoms with Gasteiger partial charge in [-0.2, -0.15) is 0 Å². The molecule has 4 heterocycles. The molecule has 3 aliphatic heterocycles. The molecule has 174 valence electrons. The molecule has 7 nitrogen and oxygen atoms in total. The van der Waals surface area contributed by atoms with Gasteiger partial charge in [-0.3, -0.25) is 4.90 Å². The minimum atomic E-state index is -0.138. The third-order valence-corrected chi connectivity index (χ3v) is 7.93. The van der Waals surface area contributed by atoms with Crippen molar-refractivity contribution in [3.8, 4) is 0 Å². The van der Waals surface area contributed by atoms with Crippen LogP contribution >= 0.6 is 0 Å². The third kappa shape index (κ3) is 4.25. The lowest BCUT2D eigenvalue weighted by atomic mass is 9.78. The monoisotopic (exact) mass is 439 g/mol.